The fourth-order valence-electron chi connectivity index (χ4n) is 5.48. The smallest absolute Gasteiger partial charge is 0.217 e. The Labute approximate surface area is 107 Å². The summed E-state index contributed by atoms with van der Waals surface area (Å²) in [4.78, 5) is 22.4. The third-order valence-corrected chi connectivity index (χ3v) is 5.14. The number of aliphatic carboxylic acids is 1. The van der Waals surface area contributed by atoms with Crippen LogP contribution in [0.2, 0.25) is 0 Å². The van der Waals surface area contributed by atoms with Gasteiger partial charge < -0.3 is 15.2 Å². The van der Waals surface area contributed by atoms with Gasteiger partial charge in [0.25, 0.3) is 0 Å². The summed E-state index contributed by atoms with van der Waals surface area (Å²) in [6.45, 7) is 1.56. The molecule has 0 aromatic carbocycles. The van der Waals surface area contributed by atoms with Crippen molar-refractivity contribution in [2.75, 3.05) is 0 Å². The molecule has 4 saturated carbocycles. The molecular formula is C14H20NO3-. The van der Waals surface area contributed by atoms with E-state index in [1.807, 2.05) is 0 Å². The summed E-state index contributed by atoms with van der Waals surface area (Å²) in [6, 6.07) is 0. The van der Waals surface area contributed by atoms with E-state index in [1.54, 1.807) is 6.92 Å². The van der Waals surface area contributed by atoms with Crippen LogP contribution >= 0.6 is 0 Å². The summed E-state index contributed by atoms with van der Waals surface area (Å²) in [5.41, 5.74) is -0.225. The third-order valence-electron chi connectivity index (χ3n) is 5.14. The highest BCUT2D eigenvalue weighted by molar-refractivity contribution is 5.74. The Balaban J connectivity index is 1.87. The molecule has 0 aliphatic heterocycles. The van der Waals surface area contributed by atoms with E-state index < -0.39 is 5.97 Å². The predicted molar refractivity (Wildman–Crippen MR) is 63.3 cm³/mol. The van der Waals surface area contributed by atoms with Gasteiger partial charge in [0.15, 0.2) is 0 Å². The van der Waals surface area contributed by atoms with Gasteiger partial charge in [-0.3, -0.25) is 4.79 Å². The van der Waals surface area contributed by atoms with Gasteiger partial charge in [0, 0.05) is 18.4 Å². The molecular weight excluding hydrogens is 230 g/mol. The van der Waals surface area contributed by atoms with Crippen molar-refractivity contribution in [3.05, 3.63) is 0 Å². The number of carboxylic acid groups (broad SMARTS) is 1. The van der Waals surface area contributed by atoms with Gasteiger partial charge >= 0.3 is 0 Å². The molecule has 0 heterocycles. The van der Waals surface area contributed by atoms with Crippen molar-refractivity contribution in [2.45, 2.75) is 57.4 Å². The minimum absolute atomic E-state index is 0.0144. The average Bonchev–Trinajstić information content (AvgIpc) is 2.08. The number of carboxylic acids is 1. The zero-order valence-corrected chi connectivity index (χ0v) is 10.8. The molecule has 0 saturated heterocycles. The maximum Gasteiger partial charge on any atom is 0.217 e. The zero-order valence-electron chi connectivity index (χ0n) is 10.8. The molecule has 4 heteroatoms. The molecule has 0 radical (unpaired) electrons. The second-order valence-electron chi connectivity index (χ2n) is 6.97. The third kappa shape index (κ3) is 1.91. The highest BCUT2D eigenvalue weighted by atomic mass is 16.4. The van der Waals surface area contributed by atoms with Crippen molar-refractivity contribution in [2.24, 2.45) is 17.3 Å². The van der Waals surface area contributed by atoms with Crippen molar-refractivity contribution < 1.29 is 14.7 Å². The molecule has 4 rings (SSSR count). The molecule has 4 nitrogen and oxygen atoms in total. The lowest BCUT2D eigenvalue weighted by atomic mass is 9.46. The van der Waals surface area contributed by atoms with Gasteiger partial charge in [0.05, 0.1) is 0 Å². The van der Waals surface area contributed by atoms with E-state index >= 15 is 0 Å². The van der Waals surface area contributed by atoms with Crippen LogP contribution in [0.25, 0.3) is 0 Å². The van der Waals surface area contributed by atoms with Crippen LogP contribution in [-0.4, -0.2) is 17.4 Å². The van der Waals surface area contributed by atoms with Crippen molar-refractivity contribution in [1.29, 1.82) is 0 Å². The van der Waals surface area contributed by atoms with Crippen molar-refractivity contribution in [3.63, 3.8) is 0 Å². The standard InChI is InChI=1S/C14H21NO3/c1-9(16)15-14-5-10-2-11(6-14)4-13(3-10,8-14)7-12(17)18/h10-11H,2-8H2,1H3,(H,15,16)(H,17,18)/p-1. The lowest BCUT2D eigenvalue weighted by Gasteiger charge is -2.62. The second-order valence-corrected chi connectivity index (χ2v) is 6.97. The van der Waals surface area contributed by atoms with Gasteiger partial charge in [0.2, 0.25) is 5.91 Å². The number of hydrogen-bond acceptors (Lipinski definition) is 3. The van der Waals surface area contributed by atoms with Gasteiger partial charge in [-0.1, -0.05) is 0 Å². The molecule has 2 atom stereocenters. The first-order valence-electron chi connectivity index (χ1n) is 6.89. The summed E-state index contributed by atoms with van der Waals surface area (Å²) in [6.07, 6.45) is 6.32. The van der Waals surface area contributed by atoms with Gasteiger partial charge in [0.1, 0.15) is 0 Å². The Kier molecular flexibility index (Phi) is 2.48. The maximum atomic E-state index is 11.4. The lowest BCUT2D eigenvalue weighted by molar-refractivity contribution is -0.310. The summed E-state index contributed by atoms with van der Waals surface area (Å²) in [5.74, 6) is 0.269. The first kappa shape index (κ1) is 12.0. The average molecular weight is 250 g/mol. The van der Waals surface area contributed by atoms with E-state index in [9.17, 15) is 14.7 Å². The van der Waals surface area contributed by atoms with Crippen LogP contribution in [0.15, 0.2) is 0 Å². The Morgan fingerprint density at radius 2 is 1.83 bits per heavy atom. The van der Waals surface area contributed by atoms with Crippen LogP contribution in [0.3, 0.4) is 0 Å². The Hall–Kier alpha value is -1.06. The number of rotatable bonds is 3. The van der Waals surface area contributed by atoms with Gasteiger partial charge in [-0.25, -0.2) is 0 Å². The van der Waals surface area contributed by atoms with Crippen LogP contribution in [-0.2, 0) is 9.59 Å². The number of nitrogens with one attached hydrogen (secondary N) is 1. The summed E-state index contributed by atoms with van der Waals surface area (Å²) >= 11 is 0. The van der Waals surface area contributed by atoms with Gasteiger partial charge in [-0.2, -0.15) is 0 Å². The first-order valence-corrected chi connectivity index (χ1v) is 6.89. The summed E-state index contributed by atoms with van der Waals surface area (Å²) in [7, 11) is 0. The number of carbonyl (C=O) groups excluding carboxylic acids is 2. The molecule has 0 aromatic rings. The maximum absolute atomic E-state index is 11.4. The van der Waals surface area contributed by atoms with Gasteiger partial charge in [-0.05, 0) is 62.2 Å². The Morgan fingerprint density at radius 1 is 1.22 bits per heavy atom. The summed E-state index contributed by atoms with van der Waals surface area (Å²) < 4.78 is 0. The SMILES string of the molecule is CC(=O)NC12CC3CC(CC(CC(=O)[O-])(C3)C1)C2. The van der Waals surface area contributed by atoms with E-state index in [0.29, 0.717) is 11.8 Å². The molecule has 4 aliphatic rings. The van der Waals surface area contributed by atoms with Crippen molar-refractivity contribution in [1.82, 2.24) is 5.32 Å². The minimum atomic E-state index is -0.935. The highest BCUT2D eigenvalue weighted by Crippen LogP contribution is 2.62. The Bertz CT molecular complexity index is 356. The largest absolute Gasteiger partial charge is 0.550 e. The number of hydrogen-bond donors (Lipinski definition) is 1. The fourth-order valence-corrected chi connectivity index (χ4v) is 5.48. The molecule has 4 aliphatic carbocycles. The topological polar surface area (TPSA) is 69.2 Å². The molecule has 4 bridgehead atoms. The van der Waals surface area contributed by atoms with E-state index in [-0.39, 0.29) is 23.3 Å². The quantitative estimate of drug-likeness (QED) is 0.797. The number of carbonyl (C=O) groups is 2. The van der Waals surface area contributed by atoms with E-state index in [1.165, 1.54) is 6.42 Å². The molecule has 1 amide bonds. The van der Waals surface area contributed by atoms with Crippen LogP contribution in [0, 0.1) is 17.3 Å². The molecule has 4 fully saturated rings. The molecule has 2 unspecified atom stereocenters. The molecule has 100 valence electrons. The summed E-state index contributed by atoms with van der Waals surface area (Å²) in [5, 5.41) is 14.1. The zero-order chi connectivity index (χ0) is 13.0. The van der Waals surface area contributed by atoms with Crippen LogP contribution in [0.4, 0.5) is 0 Å². The van der Waals surface area contributed by atoms with Gasteiger partial charge in [-0.15, -0.1) is 0 Å². The van der Waals surface area contributed by atoms with Crippen LogP contribution < -0.4 is 10.4 Å². The van der Waals surface area contributed by atoms with E-state index in [2.05, 4.69) is 5.32 Å². The first-order chi connectivity index (χ1) is 8.40. The van der Waals surface area contributed by atoms with E-state index in [0.717, 1.165) is 32.1 Å². The minimum Gasteiger partial charge on any atom is -0.550 e. The highest BCUT2D eigenvalue weighted by Gasteiger charge is 2.57. The Morgan fingerprint density at radius 3 is 2.33 bits per heavy atom. The number of amides is 1. The molecule has 0 aromatic heterocycles. The molecule has 18 heavy (non-hydrogen) atoms. The van der Waals surface area contributed by atoms with E-state index in [4.69, 9.17) is 0 Å². The van der Waals surface area contributed by atoms with Crippen LogP contribution in [0.1, 0.15) is 51.9 Å². The van der Waals surface area contributed by atoms with Crippen molar-refractivity contribution in [3.8, 4) is 0 Å². The fraction of sp³-hybridized carbons (Fsp3) is 0.857. The molecule has 0 spiro atoms. The second kappa shape index (κ2) is 3.72. The normalized spacial score (nSPS) is 44.9. The van der Waals surface area contributed by atoms with Crippen LogP contribution in [0.5, 0.6) is 0 Å². The predicted octanol–water partition coefficient (Wildman–Crippen LogP) is 0.601. The monoisotopic (exact) mass is 250 g/mol. The molecule has 1 N–H and O–H groups in total. The lowest BCUT2D eigenvalue weighted by Crippen LogP contribution is -2.63. The van der Waals surface area contributed by atoms with Crippen molar-refractivity contribution >= 4 is 11.9 Å².